The molecule has 1 aromatic carbocycles. The number of nitrogens with zero attached hydrogens (tertiary/aromatic N) is 2. The molecule has 0 radical (unpaired) electrons. The van der Waals surface area contributed by atoms with Gasteiger partial charge in [0, 0.05) is 12.8 Å². The van der Waals surface area contributed by atoms with E-state index in [1.807, 2.05) is 0 Å². The zero-order valence-electron chi connectivity index (χ0n) is 17.6. The largest absolute Gasteiger partial charge is 0.501 e. The Hall–Kier alpha value is -2.79. The van der Waals surface area contributed by atoms with E-state index in [-0.39, 0.29) is 23.5 Å². The number of hydrogen-bond acceptors (Lipinski definition) is 7. The highest BCUT2D eigenvalue weighted by Crippen LogP contribution is 2.41. The molecule has 0 unspecified atom stereocenters. The van der Waals surface area contributed by atoms with Crippen molar-refractivity contribution >= 4 is 15.7 Å². The second kappa shape index (κ2) is 8.28. The van der Waals surface area contributed by atoms with E-state index in [2.05, 4.69) is 10.3 Å². The number of carbonyl (C=O) groups is 1. The van der Waals surface area contributed by atoms with Crippen LogP contribution in [0.1, 0.15) is 47.6 Å². The van der Waals surface area contributed by atoms with Gasteiger partial charge in [-0.1, -0.05) is 18.9 Å². The average molecular weight is 466 g/mol. The van der Waals surface area contributed by atoms with Crippen LogP contribution in [0, 0.1) is 5.82 Å². The number of hydrogen-bond donors (Lipinski definition) is 2. The number of aromatic nitrogens is 2. The Morgan fingerprint density at radius 3 is 2.75 bits per heavy atom. The van der Waals surface area contributed by atoms with Crippen molar-refractivity contribution in [3.63, 3.8) is 0 Å². The Labute approximate surface area is 184 Å². The van der Waals surface area contributed by atoms with Gasteiger partial charge in [-0.15, -0.1) is 0 Å². The molecule has 2 N–H and O–H groups in total. The third-order valence-electron chi connectivity index (χ3n) is 6.10. The fourth-order valence-electron chi connectivity index (χ4n) is 4.50. The minimum absolute atomic E-state index is 0.175. The fourth-order valence-corrected chi connectivity index (χ4v) is 5.44. The van der Waals surface area contributed by atoms with Gasteiger partial charge in [0.15, 0.2) is 15.5 Å². The van der Waals surface area contributed by atoms with Gasteiger partial charge in [0.25, 0.3) is 11.5 Å². The molecule has 1 aliphatic carbocycles. The molecule has 2 heterocycles. The predicted molar refractivity (Wildman–Crippen MR) is 112 cm³/mol. The lowest BCUT2D eigenvalue weighted by Gasteiger charge is -2.28. The minimum Gasteiger partial charge on any atom is -0.501 e. The van der Waals surface area contributed by atoms with E-state index in [0.717, 1.165) is 44.1 Å². The van der Waals surface area contributed by atoms with Gasteiger partial charge >= 0.3 is 0 Å². The van der Waals surface area contributed by atoms with Gasteiger partial charge in [0.1, 0.15) is 11.6 Å². The zero-order chi connectivity index (χ0) is 23.1. The Balaban J connectivity index is 1.68. The number of nitrogens with one attached hydrogen (secondary N) is 1. The number of sulfone groups is 1. The summed E-state index contributed by atoms with van der Waals surface area (Å²) < 4.78 is 44.6. The van der Waals surface area contributed by atoms with Crippen LogP contribution in [0.2, 0.25) is 0 Å². The molecule has 4 rings (SSSR count). The molecular formula is C21H24FN3O6S. The molecule has 1 aliphatic heterocycles. The van der Waals surface area contributed by atoms with Crippen molar-refractivity contribution in [2.75, 3.05) is 19.5 Å². The molecule has 32 heavy (non-hydrogen) atoms. The summed E-state index contributed by atoms with van der Waals surface area (Å²) in [5.41, 5.74) is -1.44. The Morgan fingerprint density at radius 2 is 2.06 bits per heavy atom. The highest BCUT2D eigenvalue weighted by Gasteiger charge is 2.42. The molecule has 1 spiro atoms. The van der Waals surface area contributed by atoms with Crippen molar-refractivity contribution in [2.45, 2.75) is 49.1 Å². The highest BCUT2D eigenvalue weighted by atomic mass is 32.2. The quantitative estimate of drug-likeness (QED) is 0.696. The lowest BCUT2D eigenvalue weighted by atomic mass is 9.86. The standard InChI is InChI=1S/C21H24FN3O6S/c1-32(29,30)15-10-14(22)5-4-13(15)11-23-18(27)16-17(26)19(28)25-8-9-31-12-21(20(25)24-16)6-2-3-7-21/h4-5,10,26H,2-3,6-9,11-12H2,1H3,(H,23,27). The van der Waals surface area contributed by atoms with Crippen molar-refractivity contribution in [3.05, 3.63) is 51.5 Å². The lowest BCUT2D eigenvalue weighted by molar-refractivity contribution is 0.0911. The summed E-state index contributed by atoms with van der Waals surface area (Å²) in [6, 6.07) is 3.23. The maximum atomic E-state index is 13.5. The van der Waals surface area contributed by atoms with Gasteiger partial charge in [-0.05, 0) is 30.5 Å². The van der Waals surface area contributed by atoms with Crippen molar-refractivity contribution in [1.82, 2.24) is 14.9 Å². The number of rotatable bonds is 4. The summed E-state index contributed by atoms with van der Waals surface area (Å²) in [4.78, 5) is 29.9. The number of benzene rings is 1. The molecule has 1 aromatic heterocycles. The number of fused-ring (bicyclic) bond motifs is 2. The summed E-state index contributed by atoms with van der Waals surface area (Å²) in [5, 5.41) is 12.9. The second-order valence-electron chi connectivity index (χ2n) is 8.34. The molecule has 1 amide bonds. The Bertz CT molecular complexity index is 1230. The third kappa shape index (κ3) is 4.02. The summed E-state index contributed by atoms with van der Waals surface area (Å²) in [5.74, 6) is -1.89. The molecule has 0 bridgehead atoms. The van der Waals surface area contributed by atoms with Gasteiger partial charge in [0.05, 0.1) is 30.1 Å². The van der Waals surface area contributed by atoms with Crippen LogP contribution in [0.3, 0.4) is 0 Å². The molecule has 11 heteroatoms. The number of amides is 1. The van der Waals surface area contributed by atoms with E-state index >= 15 is 0 Å². The molecule has 1 fully saturated rings. The van der Waals surface area contributed by atoms with Crippen molar-refractivity contribution < 1.29 is 27.4 Å². The van der Waals surface area contributed by atoms with Crippen LogP contribution in [0.25, 0.3) is 0 Å². The van der Waals surface area contributed by atoms with Crippen LogP contribution >= 0.6 is 0 Å². The number of aromatic hydroxyl groups is 1. The second-order valence-corrected chi connectivity index (χ2v) is 10.3. The average Bonchev–Trinajstić information content (AvgIpc) is 3.14. The molecule has 172 valence electrons. The highest BCUT2D eigenvalue weighted by molar-refractivity contribution is 7.90. The van der Waals surface area contributed by atoms with Crippen LogP contribution in [0.5, 0.6) is 5.75 Å². The van der Waals surface area contributed by atoms with E-state index in [9.17, 15) is 27.5 Å². The number of ether oxygens (including phenoxy) is 1. The SMILES string of the molecule is CS(=O)(=O)c1cc(F)ccc1CNC(=O)c1nc2n(c(=O)c1O)CCOCC21CCCC1. The van der Waals surface area contributed by atoms with Gasteiger partial charge in [-0.3, -0.25) is 14.2 Å². The summed E-state index contributed by atoms with van der Waals surface area (Å²) in [7, 11) is -3.74. The molecule has 1 saturated carbocycles. The van der Waals surface area contributed by atoms with Gasteiger partial charge in [-0.25, -0.2) is 17.8 Å². The molecule has 9 nitrogen and oxygen atoms in total. The van der Waals surface area contributed by atoms with E-state index in [4.69, 9.17) is 4.74 Å². The summed E-state index contributed by atoms with van der Waals surface area (Å²) >= 11 is 0. The van der Waals surface area contributed by atoms with Crippen LogP contribution in [-0.4, -0.2) is 48.5 Å². The first-order chi connectivity index (χ1) is 15.1. The molecule has 0 atom stereocenters. The molecule has 2 aliphatic rings. The Morgan fingerprint density at radius 1 is 1.34 bits per heavy atom. The van der Waals surface area contributed by atoms with E-state index in [0.29, 0.717) is 19.0 Å². The maximum absolute atomic E-state index is 13.5. The minimum atomic E-state index is -3.74. The normalized spacial score (nSPS) is 17.7. The van der Waals surface area contributed by atoms with E-state index in [1.54, 1.807) is 0 Å². The van der Waals surface area contributed by atoms with E-state index < -0.39 is 44.0 Å². The first kappa shape index (κ1) is 22.4. The van der Waals surface area contributed by atoms with Crippen LogP contribution in [0.15, 0.2) is 27.9 Å². The van der Waals surface area contributed by atoms with E-state index in [1.165, 1.54) is 10.6 Å². The number of carbonyl (C=O) groups excluding carboxylic acids is 1. The topological polar surface area (TPSA) is 128 Å². The fraction of sp³-hybridized carbons (Fsp3) is 0.476. The lowest BCUT2D eigenvalue weighted by Crippen LogP contribution is -2.38. The summed E-state index contributed by atoms with van der Waals surface area (Å²) in [6.07, 6.45) is 4.36. The summed E-state index contributed by atoms with van der Waals surface area (Å²) in [6.45, 7) is 0.666. The van der Waals surface area contributed by atoms with Gasteiger partial charge in [0.2, 0.25) is 5.75 Å². The molecular weight excluding hydrogens is 441 g/mol. The first-order valence-electron chi connectivity index (χ1n) is 10.3. The van der Waals surface area contributed by atoms with Crippen molar-refractivity contribution in [2.24, 2.45) is 0 Å². The predicted octanol–water partition coefficient (Wildman–Crippen LogP) is 1.26. The number of halogens is 1. The van der Waals surface area contributed by atoms with Crippen molar-refractivity contribution in [3.8, 4) is 5.75 Å². The zero-order valence-corrected chi connectivity index (χ0v) is 18.4. The maximum Gasteiger partial charge on any atom is 0.296 e. The van der Waals surface area contributed by atoms with Gasteiger partial charge in [-0.2, -0.15) is 0 Å². The molecule has 2 aromatic rings. The monoisotopic (exact) mass is 465 g/mol. The van der Waals surface area contributed by atoms with Gasteiger partial charge < -0.3 is 15.2 Å². The first-order valence-corrected chi connectivity index (χ1v) is 12.2. The van der Waals surface area contributed by atoms with Crippen LogP contribution in [0.4, 0.5) is 4.39 Å². The third-order valence-corrected chi connectivity index (χ3v) is 7.28. The van der Waals surface area contributed by atoms with Crippen molar-refractivity contribution in [1.29, 1.82) is 0 Å². The smallest absolute Gasteiger partial charge is 0.296 e. The Kier molecular flexibility index (Phi) is 5.80. The molecule has 0 saturated heterocycles. The van der Waals surface area contributed by atoms with Crippen LogP contribution in [-0.2, 0) is 33.1 Å². The van der Waals surface area contributed by atoms with Crippen LogP contribution < -0.4 is 10.9 Å².